The minimum absolute atomic E-state index is 0.0184. The molecule has 6 nitrogen and oxygen atoms in total. The van der Waals surface area contributed by atoms with E-state index in [2.05, 4.69) is 5.10 Å². The van der Waals surface area contributed by atoms with E-state index in [1.165, 1.54) is 4.68 Å². The first-order chi connectivity index (χ1) is 15.0. The van der Waals surface area contributed by atoms with Gasteiger partial charge in [-0.1, -0.05) is 53.0 Å². The number of sulfonamides is 1. The van der Waals surface area contributed by atoms with E-state index in [4.69, 9.17) is 34.8 Å². The summed E-state index contributed by atoms with van der Waals surface area (Å²) in [4.78, 5) is 12.1. The molecule has 4 rings (SSSR count). The van der Waals surface area contributed by atoms with E-state index in [0.29, 0.717) is 32.2 Å². The van der Waals surface area contributed by atoms with Crippen LogP contribution in [-0.4, -0.2) is 30.4 Å². The molecule has 32 heavy (non-hydrogen) atoms. The lowest BCUT2D eigenvalue weighted by Gasteiger charge is -2.10. The monoisotopic (exact) mass is 511 g/mol. The molecule has 0 radical (unpaired) electrons. The standard InChI is InChI=1S/C21H13Cl3FN3O3S/c1-32(30,31)27-21(29)13-9-16(24)19(10-17(13)25)28-18-7-6-11(22)8-14(18)20(26-28)12-4-2-3-5-15(12)23/h2-10H,1H3,(H,27,29). The normalized spacial score (nSPS) is 11.7. The molecule has 1 heterocycles. The van der Waals surface area contributed by atoms with Crippen molar-refractivity contribution in [2.45, 2.75) is 0 Å². The number of carbonyl (C=O) groups is 1. The molecule has 0 aliphatic rings. The number of fused-ring (bicyclic) bond motifs is 1. The van der Waals surface area contributed by atoms with Crippen molar-refractivity contribution in [1.29, 1.82) is 0 Å². The van der Waals surface area contributed by atoms with Crippen molar-refractivity contribution in [2.24, 2.45) is 0 Å². The number of hydrogen-bond donors (Lipinski definition) is 1. The second-order valence-corrected chi connectivity index (χ2v) is 9.89. The molecule has 0 fully saturated rings. The van der Waals surface area contributed by atoms with Crippen molar-refractivity contribution in [3.8, 4) is 16.9 Å². The van der Waals surface area contributed by atoms with E-state index in [1.54, 1.807) is 47.2 Å². The Balaban J connectivity index is 1.92. The van der Waals surface area contributed by atoms with Gasteiger partial charge in [0.15, 0.2) is 0 Å². The molecule has 0 aliphatic carbocycles. The lowest BCUT2D eigenvalue weighted by atomic mass is 10.1. The number of hydrogen-bond acceptors (Lipinski definition) is 4. The van der Waals surface area contributed by atoms with Gasteiger partial charge in [-0.25, -0.2) is 22.2 Å². The molecule has 0 saturated carbocycles. The second kappa shape index (κ2) is 8.37. The van der Waals surface area contributed by atoms with Gasteiger partial charge in [0.1, 0.15) is 11.5 Å². The number of benzene rings is 3. The highest BCUT2D eigenvalue weighted by atomic mass is 35.5. The summed E-state index contributed by atoms with van der Waals surface area (Å²) < 4.78 is 40.6. The van der Waals surface area contributed by atoms with Crippen LogP contribution in [0.2, 0.25) is 15.1 Å². The summed E-state index contributed by atoms with van der Waals surface area (Å²) in [5.74, 6) is -2.10. The maximum Gasteiger partial charge on any atom is 0.267 e. The fraction of sp³-hybridized carbons (Fsp3) is 0.0476. The SMILES string of the molecule is CS(=O)(=O)NC(=O)c1cc(Cl)c(-n2nc(-c3ccccc3Cl)c3cc(Cl)ccc32)cc1F. The Hall–Kier alpha value is -2.65. The van der Waals surface area contributed by atoms with E-state index in [9.17, 15) is 17.6 Å². The second-order valence-electron chi connectivity index (χ2n) is 6.89. The Morgan fingerprint density at radius 2 is 1.75 bits per heavy atom. The Labute approximate surface area is 197 Å². The predicted octanol–water partition coefficient (Wildman–Crippen LogP) is 5.48. The molecule has 0 unspecified atom stereocenters. The summed E-state index contributed by atoms with van der Waals surface area (Å²) in [7, 11) is -3.88. The van der Waals surface area contributed by atoms with Gasteiger partial charge < -0.3 is 0 Å². The molecule has 3 aromatic carbocycles. The predicted molar refractivity (Wildman–Crippen MR) is 124 cm³/mol. The van der Waals surface area contributed by atoms with Gasteiger partial charge in [0.25, 0.3) is 5.91 Å². The lowest BCUT2D eigenvalue weighted by Crippen LogP contribution is -2.30. The number of nitrogens with one attached hydrogen (secondary N) is 1. The van der Waals surface area contributed by atoms with Crippen molar-refractivity contribution in [1.82, 2.24) is 14.5 Å². The zero-order valence-corrected chi connectivity index (χ0v) is 19.3. The molecule has 0 aliphatic heterocycles. The van der Waals surface area contributed by atoms with Crippen molar-refractivity contribution in [3.05, 3.63) is 81.0 Å². The molecule has 1 aromatic heterocycles. The highest BCUT2D eigenvalue weighted by Gasteiger charge is 2.22. The largest absolute Gasteiger partial charge is 0.268 e. The third kappa shape index (κ3) is 4.31. The number of aromatic nitrogens is 2. The number of nitrogens with zero attached hydrogens (tertiary/aromatic N) is 2. The lowest BCUT2D eigenvalue weighted by molar-refractivity contribution is 0.0978. The van der Waals surface area contributed by atoms with Crippen LogP contribution in [0.25, 0.3) is 27.8 Å². The van der Waals surface area contributed by atoms with Gasteiger partial charge in [-0.3, -0.25) is 4.79 Å². The van der Waals surface area contributed by atoms with Crippen LogP contribution in [0.1, 0.15) is 10.4 Å². The molecular weight excluding hydrogens is 500 g/mol. The first-order valence-electron chi connectivity index (χ1n) is 9.00. The number of amides is 1. The summed E-state index contributed by atoms with van der Waals surface area (Å²) in [6.07, 6.45) is 0.788. The third-order valence-corrected chi connectivity index (χ3v) is 5.98. The van der Waals surface area contributed by atoms with Crippen molar-refractivity contribution in [2.75, 3.05) is 6.26 Å². The van der Waals surface area contributed by atoms with E-state index in [-0.39, 0.29) is 10.7 Å². The van der Waals surface area contributed by atoms with Crippen LogP contribution < -0.4 is 4.72 Å². The van der Waals surface area contributed by atoms with Gasteiger partial charge in [0.2, 0.25) is 10.0 Å². The highest BCUT2D eigenvalue weighted by Crippen LogP contribution is 2.36. The average molecular weight is 513 g/mol. The number of rotatable bonds is 4. The number of carbonyl (C=O) groups excluding carboxylic acids is 1. The Kier molecular flexibility index (Phi) is 5.89. The molecule has 0 bridgehead atoms. The minimum atomic E-state index is -3.88. The molecule has 0 saturated heterocycles. The van der Waals surface area contributed by atoms with Crippen LogP contribution in [-0.2, 0) is 10.0 Å². The quantitative estimate of drug-likeness (QED) is 0.392. The summed E-state index contributed by atoms with van der Waals surface area (Å²) in [5.41, 5.74) is 1.34. The van der Waals surface area contributed by atoms with Crippen LogP contribution in [0.3, 0.4) is 0 Å². The average Bonchev–Trinajstić information content (AvgIpc) is 3.06. The Morgan fingerprint density at radius 3 is 2.44 bits per heavy atom. The van der Waals surface area contributed by atoms with E-state index in [0.717, 1.165) is 18.4 Å². The highest BCUT2D eigenvalue weighted by molar-refractivity contribution is 7.89. The minimum Gasteiger partial charge on any atom is -0.268 e. The van der Waals surface area contributed by atoms with Crippen LogP contribution in [0.4, 0.5) is 4.39 Å². The zero-order chi connectivity index (χ0) is 23.2. The first kappa shape index (κ1) is 22.5. The van der Waals surface area contributed by atoms with Gasteiger partial charge in [-0.2, -0.15) is 5.10 Å². The van der Waals surface area contributed by atoms with Crippen molar-refractivity contribution >= 4 is 61.6 Å². The smallest absolute Gasteiger partial charge is 0.267 e. The molecule has 4 aromatic rings. The third-order valence-electron chi connectivity index (χ3n) is 4.56. The van der Waals surface area contributed by atoms with Crippen LogP contribution >= 0.6 is 34.8 Å². The molecular formula is C21H13Cl3FN3O3S. The summed E-state index contributed by atoms with van der Waals surface area (Å²) in [5, 5.41) is 6.16. The van der Waals surface area contributed by atoms with E-state index >= 15 is 0 Å². The van der Waals surface area contributed by atoms with E-state index < -0.39 is 27.3 Å². The summed E-state index contributed by atoms with van der Waals surface area (Å²) >= 11 is 18.9. The topological polar surface area (TPSA) is 81.1 Å². The molecule has 1 N–H and O–H groups in total. The van der Waals surface area contributed by atoms with E-state index in [1.807, 2.05) is 0 Å². The molecule has 0 atom stereocenters. The fourth-order valence-electron chi connectivity index (χ4n) is 3.22. The maximum atomic E-state index is 14.8. The van der Waals surface area contributed by atoms with Gasteiger partial charge in [-0.05, 0) is 30.3 Å². The Morgan fingerprint density at radius 1 is 1.03 bits per heavy atom. The fourth-order valence-corrected chi connectivity index (χ4v) is 4.31. The van der Waals surface area contributed by atoms with Crippen LogP contribution in [0.5, 0.6) is 0 Å². The molecule has 0 spiro atoms. The first-order valence-corrected chi connectivity index (χ1v) is 12.0. The molecule has 164 valence electrons. The zero-order valence-electron chi connectivity index (χ0n) is 16.2. The summed E-state index contributed by atoms with van der Waals surface area (Å²) in [6.45, 7) is 0. The Bertz CT molecular complexity index is 1500. The van der Waals surface area contributed by atoms with Gasteiger partial charge in [0, 0.05) is 22.0 Å². The molecule has 1 amide bonds. The van der Waals surface area contributed by atoms with Crippen molar-refractivity contribution < 1.29 is 17.6 Å². The van der Waals surface area contributed by atoms with Gasteiger partial charge >= 0.3 is 0 Å². The van der Waals surface area contributed by atoms with Crippen molar-refractivity contribution in [3.63, 3.8) is 0 Å². The molecule has 11 heteroatoms. The van der Waals surface area contributed by atoms with Crippen LogP contribution in [0.15, 0.2) is 54.6 Å². The van der Waals surface area contributed by atoms with Gasteiger partial charge in [0.05, 0.1) is 33.1 Å². The number of halogens is 4. The van der Waals surface area contributed by atoms with Gasteiger partial charge in [-0.15, -0.1) is 0 Å². The van der Waals surface area contributed by atoms with Crippen LogP contribution in [0, 0.1) is 5.82 Å². The maximum absolute atomic E-state index is 14.8. The summed E-state index contributed by atoms with van der Waals surface area (Å²) in [6, 6.07) is 14.2.